The third-order valence-electron chi connectivity index (χ3n) is 3.73. The molecule has 94 valence electrons. The van der Waals surface area contributed by atoms with Gasteiger partial charge in [-0.15, -0.1) is 0 Å². The summed E-state index contributed by atoms with van der Waals surface area (Å²) in [4.78, 5) is 12.0. The molecule has 1 aliphatic rings. The first-order valence-corrected chi connectivity index (χ1v) is 7.04. The van der Waals surface area contributed by atoms with E-state index in [1.807, 2.05) is 4.57 Å². The number of nitrogens with zero attached hydrogens (tertiary/aromatic N) is 1. The molecule has 1 aliphatic carbocycles. The van der Waals surface area contributed by atoms with Gasteiger partial charge >= 0.3 is 0 Å². The van der Waals surface area contributed by atoms with Gasteiger partial charge in [-0.3, -0.25) is 4.79 Å². The molecule has 0 atom stereocenters. The van der Waals surface area contributed by atoms with E-state index in [0.29, 0.717) is 0 Å². The van der Waals surface area contributed by atoms with E-state index in [-0.39, 0.29) is 5.56 Å². The largest absolute Gasteiger partial charge is 0.312 e. The lowest BCUT2D eigenvalue weighted by Crippen LogP contribution is -2.25. The van der Waals surface area contributed by atoms with Crippen LogP contribution in [0.2, 0.25) is 0 Å². The second kappa shape index (κ2) is 6.04. The summed E-state index contributed by atoms with van der Waals surface area (Å²) in [5, 5.41) is 0. The van der Waals surface area contributed by atoms with Crippen LogP contribution in [-0.2, 0) is 19.4 Å². The Balaban J connectivity index is 2.34. The van der Waals surface area contributed by atoms with Crippen LogP contribution in [0.25, 0.3) is 0 Å². The lowest BCUT2D eigenvalue weighted by atomic mass is 9.97. The van der Waals surface area contributed by atoms with Crippen molar-refractivity contribution in [1.29, 1.82) is 0 Å². The van der Waals surface area contributed by atoms with E-state index >= 15 is 0 Å². The Morgan fingerprint density at radius 3 is 2.65 bits per heavy atom. The van der Waals surface area contributed by atoms with Gasteiger partial charge in [0.1, 0.15) is 0 Å². The molecule has 0 bridgehead atoms. The summed E-state index contributed by atoms with van der Waals surface area (Å²) in [5.74, 6) is 0. The third-order valence-corrected chi connectivity index (χ3v) is 3.73. The van der Waals surface area contributed by atoms with Crippen LogP contribution in [0.3, 0.4) is 0 Å². The number of aryl methyl sites for hydroxylation is 1. The van der Waals surface area contributed by atoms with Crippen LogP contribution in [-0.4, -0.2) is 4.57 Å². The first-order chi connectivity index (χ1) is 8.33. The molecule has 1 aromatic heterocycles. The minimum atomic E-state index is 0.192. The topological polar surface area (TPSA) is 22.0 Å². The first-order valence-electron chi connectivity index (χ1n) is 7.04. The summed E-state index contributed by atoms with van der Waals surface area (Å²) in [5.41, 5.74) is 2.93. The van der Waals surface area contributed by atoms with E-state index < -0.39 is 0 Å². The molecule has 0 unspecified atom stereocenters. The number of aromatic nitrogens is 1. The van der Waals surface area contributed by atoms with Gasteiger partial charge in [0.2, 0.25) is 0 Å². The van der Waals surface area contributed by atoms with Crippen molar-refractivity contribution < 1.29 is 0 Å². The van der Waals surface area contributed by atoms with Gasteiger partial charge in [0.15, 0.2) is 0 Å². The molecule has 0 saturated heterocycles. The molecule has 0 radical (unpaired) electrons. The number of rotatable bonds is 3. The highest BCUT2D eigenvalue weighted by atomic mass is 16.1. The molecule has 2 nitrogen and oxygen atoms in total. The summed E-state index contributed by atoms with van der Waals surface area (Å²) < 4.78 is 2.03. The molecule has 1 heterocycles. The molecule has 0 fully saturated rings. The summed E-state index contributed by atoms with van der Waals surface area (Å²) in [6.45, 7) is 3.08. The van der Waals surface area contributed by atoms with Gasteiger partial charge in [-0.1, -0.05) is 32.3 Å². The highest BCUT2D eigenvalue weighted by Gasteiger charge is 2.11. The van der Waals surface area contributed by atoms with E-state index in [4.69, 9.17) is 0 Å². The molecular formula is C15H23NO. The predicted octanol–water partition coefficient (Wildman–Crippen LogP) is 3.31. The van der Waals surface area contributed by atoms with E-state index in [9.17, 15) is 4.79 Å². The van der Waals surface area contributed by atoms with Gasteiger partial charge in [0.05, 0.1) is 0 Å². The maximum Gasteiger partial charge on any atom is 0.250 e. The fourth-order valence-corrected chi connectivity index (χ4v) is 2.71. The normalized spacial score (nSPS) is 16.1. The summed E-state index contributed by atoms with van der Waals surface area (Å²) >= 11 is 0. The van der Waals surface area contributed by atoms with E-state index in [1.165, 1.54) is 36.9 Å². The van der Waals surface area contributed by atoms with Crippen molar-refractivity contribution in [1.82, 2.24) is 4.57 Å². The van der Waals surface area contributed by atoms with Crippen LogP contribution in [0.4, 0.5) is 0 Å². The average molecular weight is 233 g/mol. The highest BCUT2D eigenvalue weighted by Crippen LogP contribution is 2.19. The summed E-state index contributed by atoms with van der Waals surface area (Å²) in [6, 6.07) is 3.82. The second-order valence-corrected chi connectivity index (χ2v) is 5.06. The third kappa shape index (κ3) is 2.99. The zero-order chi connectivity index (χ0) is 12.1. The van der Waals surface area contributed by atoms with Crippen molar-refractivity contribution >= 4 is 0 Å². The highest BCUT2D eigenvalue weighted by molar-refractivity contribution is 5.22. The molecule has 0 saturated carbocycles. The molecule has 2 rings (SSSR count). The molecule has 0 N–H and O–H groups in total. The molecule has 0 amide bonds. The minimum Gasteiger partial charge on any atom is -0.312 e. The van der Waals surface area contributed by atoms with Gasteiger partial charge in [-0.05, 0) is 37.7 Å². The van der Waals surface area contributed by atoms with Crippen LogP contribution in [0.1, 0.15) is 56.7 Å². The lowest BCUT2D eigenvalue weighted by molar-refractivity contribution is 0.542. The van der Waals surface area contributed by atoms with Crippen molar-refractivity contribution in [3.8, 4) is 0 Å². The van der Waals surface area contributed by atoms with Crippen LogP contribution < -0.4 is 5.56 Å². The Labute approximate surface area is 104 Å². The van der Waals surface area contributed by atoms with Crippen LogP contribution in [0.5, 0.6) is 0 Å². The Morgan fingerprint density at radius 2 is 1.88 bits per heavy atom. The average Bonchev–Trinajstić information content (AvgIpc) is 2.30. The van der Waals surface area contributed by atoms with Crippen LogP contribution >= 0.6 is 0 Å². The van der Waals surface area contributed by atoms with Gasteiger partial charge in [0.25, 0.3) is 5.56 Å². The lowest BCUT2D eigenvalue weighted by Gasteiger charge is -2.19. The summed E-state index contributed by atoms with van der Waals surface area (Å²) in [7, 11) is 0. The second-order valence-electron chi connectivity index (χ2n) is 5.06. The van der Waals surface area contributed by atoms with Crippen molar-refractivity contribution in [2.75, 3.05) is 0 Å². The molecular weight excluding hydrogens is 210 g/mol. The van der Waals surface area contributed by atoms with Gasteiger partial charge < -0.3 is 4.57 Å². The Kier molecular flexibility index (Phi) is 4.41. The summed E-state index contributed by atoms with van der Waals surface area (Å²) in [6.07, 6.45) is 9.68. The van der Waals surface area contributed by atoms with E-state index in [2.05, 4.69) is 13.0 Å². The smallest absolute Gasteiger partial charge is 0.250 e. The predicted molar refractivity (Wildman–Crippen MR) is 71.5 cm³/mol. The van der Waals surface area contributed by atoms with Crippen LogP contribution in [0, 0.1) is 0 Å². The number of pyridine rings is 1. The maximum atomic E-state index is 12.0. The fourth-order valence-electron chi connectivity index (χ4n) is 2.71. The van der Waals surface area contributed by atoms with Crippen molar-refractivity contribution in [2.24, 2.45) is 0 Å². The van der Waals surface area contributed by atoms with E-state index in [0.717, 1.165) is 32.2 Å². The fraction of sp³-hybridized carbons (Fsp3) is 0.667. The molecule has 1 aromatic rings. The monoisotopic (exact) mass is 233 g/mol. The standard InChI is InChI=1S/C15H23NO/c1-2-3-12-16-14-9-7-5-4-6-8-13(14)10-11-15(16)17/h10-11H,2-9,12H2,1H3. The number of unbranched alkanes of at least 4 members (excludes halogenated alkanes) is 1. The van der Waals surface area contributed by atoms with Crippen molar-refractivity contribution in [3.63, 3.8) is 0 Å². The van der Waals surface area contributed by atoms with Gasteiger partial charge in [-0.2, -0.15) is 0 Å². The first kappa shape index (κ1) is 12.4. The SMILES string of the molecule is CCCCn1c2c(ccc1=O)CCCCCC2. The van der Waals surface area contributed by atoms with Gasteiger partial charge in [0, 0.05) is 18.3 Å². The Hall–Kier alpha value is -1.05. The Bertz CT molecular complexity index is 419. The van der Waals surface area contributed by atoms with Crippen molar-refractivity contribution in [2.45, 2.75) is 64.8 Å². The Morgan fingerprint density at radius 1 is 1.12 bits per heavy atom. The molecule has 2 heteroatoms. The molecule has 0 spiro atoms. The molecule has 17 heavy (non-hydrogen) atoms. The quantitative estimate of drug-likeness (QED) is 0.785. The van der Waals surface area contributed by atoms with Gasteiger partial charge in [-0.25, -0.2) is 0 Å². The van der Waals surface area contributed by atoms with E-state index in [1.54, 1.807) is 6.07 Å². The minimum absolute atomic E-state index is 0.192. The zero-order valence-corrected chi connectivity index (χ0v) is 10.9. The number of fused-ring (bicyclic) bond motifs is 1. The van der Waals surface area contributed by atoms with Crippen LogP contribution in [0.15, 0.2) is 16.9 Å². The molecule has 0 aromatic carbocycles. The number of hydrogen-bond acceptors (Lipinski definition) is 1. The maximum absolute atomic E-state index is 12.0. The number of hydrogen-bond donors (Lipinski definition) is 0. The van der Waals surface area contributed by atoms with Crippen molar-refractivity contribution in [3.05, 3.63) is 33.7 Å². The zero-order valence-electron chi connectivity index (χ0n) is 10.9. The molecule has 0 aliphatic heterocycles.